The SMILES string of the molecule is COC(=O)c1ccc(-c2ccc([C@H]3[C@H](c4ccccn4)NC(=S)N3c3ccc(NS(C)(=O)=O)c(OC)c3)o2)cc1. The summed E-state index contributed by atoms with van der Waals surface area (Å²) >= 11 is 5.78. The molecule has 1 saturated heterocycles. The van der Waals surface area contributed by atoms with Crippen molar-refractivity contribution in [1.29, 1.82) is 0 Å². The summed E-state index contributed by atoms with van der Waals surface area (Å²) in [6.07, 6.45) is 2.79. The van der Waals surface area contributed by atoms with Gasteiger partial charge in [0.05, 0.1) is 43.5 Å². The van der Waals surface area contributed by atoms with E-state index in [4.69, 9.17) is 26.1 Å². The summed E-state index contributed by atoms with van der Waals surface area (Å²) in [5.41, 5.74) is 2.95. The molecule has 2 N–H and O–H groups in total. The number of ether oxygens (including phenoxy) is 2. The molecular weight excluding hydrogens is 552 g/mol. The fourth-order valence-electron chi connectivity index (χ4n) is 4.59. The maximum Gasteiger partial charge on any atom is 0.337 e. The van der Waals surface area contributed by atoms with Crippen LogP contribution < -0.4 is 19.7 Å². The molecule has 12 heteroatoms. The number of sulfonamides is 1. The molecule has 10 nitrogen and oxygen atoms in total. The van der Waals surface area contributed by atoms with Crippen LogP contribution in [-0.4, -0.2) is 45.0 Å². The van der Waals surface area contributed by atoms with E-state index in [0.717, 1.165) is 17.5 Å². The second kappa shape index (κ2) is 11.0. The fraction of sp³-hybridized carbons (Fsp3) is 0.179. The third kappa shape index (κ3) is 5.49. The van der Waals surface area contributed by atoms with E-state index < -0.39 is 22.0 Å². The minimum atomic E-state index is -3.51. The van der Waals surface area contributed by atoms with Crippen LogP contribution in [0.3, 0.4) is 0 Å². The predicted molar refractivity (Wildman–Crippen MR) is 155 cm³/mol. The van der Waals surface area contributed by atoms with E-state index in [1.807, 2.05) is 35.2 Å². The molecule has 2 aromatic heterocycles. The molecule has 206 valence electrons. The molecule has 5 rings (SSSR count). The first-order valence-corrected chi connectivity index (χ1v) is 14.4. The van der Waals surface area contributed by atoms with Gasteiger partial charge in [-0.15, -0.1) is 0 Å². The molecule has 4 aromatic rings. The number of hydrogen-bond acceptors (Lipinski definition) is 8. The number of pyridine rings is 1. The van der Waals surface area contributed by atoms with Crippen LogP contribution in [0.2, 0.25) is 0 Å². The van der Waals surface area contributed by atoms with Crippen molar-refractivity contribution in [3.8, 4) is 17.1 Å². The lowest BCUT2D eigenvalue weighted by molar-refractivity contribution is 0.0600. The molecule has 0 bridgehead atoms. The monoisotopic (exact) mass is 578 g/mol. The van der Waals surface area contributed by atoms with Crippen LogP contribution in [0.1, 0.15) is 33.9 Å². The van der Waals surface area contributed by atoms with E-state index in [1.54, 1.807) is 48.7 Å². The molecule has 0 spiro atoms. The molecule has 40 heavy (non-hydrogen) atoms. The Labute approximate surface area is 237 Å². The summed E-state index contributed by atoms with van der Waals surface area (Å²) < 4.78 is 42.8. The Kier molecular flexibility index (Phi) is 7.46. The van der Waals surface area contributed by atoms with Gasteiger partial charge in [0.15, 0.2) is 5.11 Å². The highest BCUT2D eigenvalue weighted by Crippen LogP contribution is 2.44. The van der Waals surface area contributed by atoms with Gasteiger partial charge in [-0.3, -0.25) is 9.71 Å². The first-order chi connectivity index (χ1) is 19.2. The van der Waals surface area contributed by atoms with Crippen LogP contribution in [0.25, 0.3) is 11.3 Å². The molecule has 0 radical (unpaired) electrons. The zero-order chi connectivity index (χ0) is 28.4. The second-order valence-corrected chi connectivity index (χ2v) is 11.2. The number of esters is 1. The highest BCUT2D eigenvalue weighted by Gasteiger charge is 2.43. The number of nitrogens with zero attached hydrogens (tertiary/aromatic N) is 2. The lowest BCUT2D eigenvalue weighted by atomic mass is 10.0. The molecule has 3 heterocycles. The number of nitrogens with one attached hydrogen (secondary N) is 2. The highest BCUT2D eigenvalue weighted by atomic mass is 32.2. The largest absolute Gasteiger partial charge is 0.494 e. The summed E-state index contributed by atoms with van der Waals surface area (Å²) in [7, 11) is -0.713. The topological polar surface area (TPSA) is 123 Å². The lowest BCUT2D eigenvalue weighted by Crippen LogP contribution is -2.29. The van der Waals surface area contributed by atoms with Gasteiger partial charge in [0, 0.05) is 23.5 Å². The van der Waals surface area contributed by atoms with E-state index in [1.165, 1.54) is 14.2 Å². The summed E-state index contributed by atoms with van der Waals surface area (Å²) in [6.45, 7) is 0. The molecule has 1 fully saturated rings. The number of aromatic nitrogens is 1. The van der Waals surface area contributed by atoms with E-state index in [2.05, 4.69) is 15.0 Å². The molecule has 1 aliphatic rings. The van der Waals surface area contributed by atoms with Crippen molar-refractivity contribution >= 4 is 44.7 Å². The van der Waals surface area contributed by atoms with E-state index >= 15 is 0 Å². The number of benzene rings is 2. The Morgan fingerprint density at radius 1 is 1.07 bits per heavy atom. The Hall–Kier alpha value is -4.42. The molecule has 2 atom stereocenters. The van der Waals surface area contributed by atoms with Gasteiger partial charge in [-0.2, -0.15) is 0 Å². The molecule has 1 aliphatic heterocycles. The van der Waals surface area contributed by atoms with Gasteiger partial charge in [-0.25, -0.2) is 13.2 Å². The van der Waals surface area contributed by atoms with Crippen LogP contribution in [0, 0.1) is 0 Å². The van der Waals surface area contributed by atoms with Gasteiger partial charge in [-0.05, 0) is 60.7 Å². The Balaban J connectivity index is 1.56. The number of methoxy groups -OCH3 is 2. The third-order valence-corrected chi connectivity index (χ3v) is 7.27. The van der Waals surface area contributed by atoms with Crippen molar-refractivity contribution in [2.24, 2.45) is 0 Å². The first-order valence-electron chi connectivity index (χ1n) is 12.1. The van der Waals surface area contributed by atoms with Gasteiger partial charge in [0.2, 0.25) is 10.0 Å². The Bertz CT molecular complexity index is 1660. The van der Waals surface area contributed by atoms with Gasteiger partial charge >= 0.3 is 5.97 Å². The average molecular weight is 579 g/mol. The fourth-order valence-corrected chi connectivity index (χ4v) is 5.51. The Morgan fingerprint density at radius 2 is 1.85 bits per heavy atom. The third-order valence-electron chi connectivity index (χ3n) is 6.37. The smallest absolute Gasteiger partial charge is 0.337 e. The summed E-state index contributed by atoms with van der Waals surface area (Å²) in [5.74, 6) is 1.14. The van der Waals surface area contributed by atoms with Crippen molar-refractivity contribution in [3.63, 3.8) is 0 Å². The van der Waals surface area contributed by atoms with Crippen molar-refractivity contribution < 1.29 is 27.1 Å². The van der Waals surface area contributed by atoms with Crippen molar-refractivity contribution in [2.75, 3.05) is 30.1 Å². The molecular formula is C28H26N4O6S2. The number of furan rings is 1. The van der Waals surface area contributed by atoms with E-state index in [0.29, 0.717) is 39.3 Å². The van der Waals surface area contributed by atoms with Crippen molar-refractivity contribution in [1.82, 2.24) is 10.3 Å². The van der Waals surface area contributed by atoms with Gasteiger partial charge in [0.25, 0.3) is 0 Å². The maximum absolute atomic E-state index is 11.8. The zero-order valence-corrected chi connectivity index (χ0v) is 23.5. The standard InChI is InChI=1S/C28H26N4O6S2/c1-36-24-16-19(11-12-20(24)31-40(3,34)35)32-26(25(30-28(32)39)21-6-4-5-15-29-21)23-14-13-22(38-23)17-7-9-18(10-8-17)27(33)37-2/h4-16,25-26,31H,1-3H3,(H,30,39)/t25-,26-/m0/s1. The number of anilines is 2. The van der Waals surface area contributed by atoms with Crippen LogP contribution in [0.15, 0.2) is 83.4 Å². The molecule has 0 amide bonds. The van der Waals surface area contributed by atoms with Gasteiger partial charge < -0.3 is 24.1 Å². The number of hydrogen-bond donors (Lipinski definition) is 2. The lowest BCUT2D eigenvalue weighted by Gasteiger charge is -2.27. The minimum absolute atomic E-state index is 0.306. The maximum atomic E-state index is 11.8. The molecule has 2 aromatic carbocycles. The zero-order valence-electron chi connectivity index (χ0n) is 21.8. The predicted octanol–water partition coefficient (Wildman–Crippen LogP) is 4.69. The van der Waals surface area contributed by atoms with Crippen LogP contribution in [-0.2, 0) is 14.8 Å². The van der Waals surface area contributed by atoms with Crippen LogP contribution in [0.5, 0.6) is 5.75 Å². The number of thiocarbonyl (C=S) groups is 1. The second-order valence-electron chi connectivity index (χ2n) is 9.03. The van der Waals surface area contributed by atoms with E-state index in [9.17, 15) is 13.2 Å². The normalized spacial score (nSPS) is 16.9. The molecule has 0 aliphatic carbocycles. The summed E-state index contributed by atoms with van der Waals surface area (Å²) in [5, 5.41) is 3.80. The average Bonchev–Trinajstić information content (AvgIpc) is 3.57. The highest BCUT2D eigenvalue weighted by molar-refractivity contribution is 7.92. The number of carbonyl (C=O) groups is 1. The van der Waals surface area contributed by atoms with Crippen molar-refractivity contribution in [3.05, 3.63) is 96.0 Å². The van der Waals surface area contributed by atoms with Crippen molar-refractivity contribution in [2.45, 2.75) is 12.1 Å². The quantitative estimate of drug-likeness (QED) is 0.225. The van der Waals surface area contributed by atoms with E-state index in [-0.39, 0.29) is 6.04 Å². The van der Waals surface area contributed by atoms with Gasteiger partial charge in [-0.1, -0.05) is 18.2 Å². The van der Waals surface area contributed by atoms with Crippen LogP contribution in [0.4, 0.5) is 11.4 Å². The Morgan fingerprint density at radius 3 is 2.50 bits per heavy atom. The molecule has 0 unspecified atom stereocenters. The van der Waals surface area contributed by atoms with Crippen LogP contribution >= 0.6 is 12.2 Å². The summed E-state index contributed by atoms with van der Waals surface area (Å²) in [6, 6.07) is 20.6. The number of rotatable bonds is 8. The number of carbonyl (C=O) groups excluding carboxylic acids is 1. The molecule has 0 saturated carbocycles. The summed E-state index contributed by atoms with van der Waals surface area (Å²) in [4.78, 5) is 18.3. The van der Waals surface area contributed by atoms with Gasteiger partial charge in [0.1, 0.15) is 23.3 Å². The minimum Gasteiger partial charge on any atom is -0.494 e. The first kappa shape index (κ1) is 27.2.